The molecule has 4 rings (SSSR count). The SMILES string of the molecule is CC(=O)O[C@H]1CC[C@@]2(C)C(CC[C@]3(C)\C(=C(C)/C=C/C=C(\C)c4ccc(C)c(=O)o4)C(=O)C[C@@H]23)C1(C)C. The van der Waals surface area contributed by atoms with Crippen molar-refractivity contribution >= 4 is 17.3 Å². The van der Waals surface area contributed by atoms with Gasteiger partial charge in [0.1, 0.15) is 11.9 Å². The first-order valence-electron chi connectivity index (χ1n) is 13.6. The summed E-state index contributed by atoms with van der Waals surface area (Å²) in [5, 5.41) is 0. The van der Waals surface area contributed by atoms with Gasteiger partial charge in [-0.3, -0.25) is 9.59 Å². The predicted molar refractivity (Wildman–Crippen MR) is 146 cm³/mol. The van der Waals surface area contributed by atoms with E-state index in [9.17, 15) is 14.4 Å². The highest BCUT2D eigenvalue weighted by atomic mass is 16.5. The maximum absolute atomic E-state index is 13.5. The van der Waals surface area contributed by atoms with Gasteiger partial charge in [-0.2, -0.15) is 0 Å². The smallest absolute Gasteiger partial charge is 0.339 e. The van der Waals surface area contributed by atoms with E-state index in [2.05, 4.69) is 27.7 Å². The Morgan fingerprint density at radius 1 is 1.03 bits per heavy atom. The van der Waals surface area contributed by atoms with Crippen LogP contribution in [0, 0.1) is 35.0 Å². The minimum Gasteiger partial charge on any atom is -0.462 e. The molecule has 3 aliphatic rings. The van der Waals surface area contributed by atoms with Crippen molar-refractivity contribution in [3.8, 4) is 0 Å². The first kappa shape index (κ1) is 27.3. The van der Waals surface area contributed by atoms with Crippen molar-refractivity contribution in [3.05, 3.63) is 63.3 Å². The van der Waals surface area contributed by atoms with Gasteiger partial charge < -0.3 is 9.15 Å². The molecule has 0 radical (unpaired) electrons. The van der Waals surface area contributed by atoms with Crippen LogP contribution in [0.15, 0.2) is 50.7 Å². The molecule has 0 amide bonds. The van der Waals surface area contributed by atoms with E-state index in [1.807, 2.05) is 38.1 Å². The lowest BCUT2D eigenvalue weighted by atomic mass is 9.43. The van der Waals surface area contributed by atoms with Gasteiger partial charge in [-0.05, 0) is 87.0 Å². The Kier molecular flexibility index (Phi) is 7.07. The highest BCUT2D eigenvalue weighted by molar-refractivity contribution is 6.00. The van der Waals surface area contributed by atoms with Crippen molar-refractivity contribution < 1.29 is 18.7 Å². The summed E-state index contributed by atoms with van der Waals surface area (Å²) in [4.78, 5) is 37.2. The Hall–Kier alpha value is -2.69. The lowest BCUT2D eigenvalue weighted by Gasteiger charge is -2.62. The number of carbonyl (C=O) groups excluding carboxylic acids is 2. The molecule has 0 saturated heterocycles. The summed E-state index contributed by atoms with van der Waals surface area (Å²) >= 11 is 0. The first-order chi connectivity index (χ1) is 17.2. The highest BCUT2D eigenvalue weighted by Crippen LogP contribution is 2.69. The summed E-state index contributed by atoms with van der Waals surface area (Å²) < 4.78 is 11.2. The molecule has 1 aromatic rings. The third-order valence-electron chi connectivity index (χ3n) is 10.0. The molecular weight excluding hydrogens is 464 g/mol. The summed E-state index contributed by atoms with van der Waals surface area (Å²) in [5.74, 6) is 1.28. The molecule has 5 heteroatoms. The van der Waals surface area contributed by atoms with Crippen molar-refractivity contribution in [3.63, 3.8) is 0 Å². The van der Waals surface area contributed by atoms with Crippen LogP contribution in [0.25, 0.3) is 5.57 Å². The quantitative estimate of drug-likeness (QED) is 0.250. The van der Waals surface area contributed by atoms with Crippen molar-refractivity contribution in [1.29, 1.82) is 0 Å². The molecule has 0 spiro atoms. The summed E-state index contributed by atoms with van der Waals surface area (Å²) in [5.41, 5.74) is 2.84. The first-order valence-corrected chi connectivity index (χ1v) is 13.6. The minimum atomic E-state index is -0.322. The van der Waals surface area contributed by atoms with Crippen molar-refractivity contribution in [1.82, 2.24) is 0 Å². The van der Waals surface area contributed by atoms with E-state index in [0.717, 1.165) is 42.4 Å². The average molecular weight is 507 g/mol. The maximum atomic E-state index is 13.5. The molecule has 0 aromatic carbocycles. The highest BCUT2D eigenvalue weighted by Gasteiger charge is 2.65. The molecule has 3 fully saturated rings. The van der Waals surface area contributed by atoms with Gasteiger partial charge in [0.25, 0.3) is 0 Å². The van der Waals surface area contributed by atoms with Gasteiger partial charge in [-0.15, -0.1) is 0 Å². The van der Waals surface area contributed by atoms with Crippen LogP contribution in [0.1, 0.15) is 91.9 Å². The minimum absolute atomic E-state index is 0.0219. The van der Waals surface area contributed by atoms with Crippen LogP contribution < -0.4 is 5.63 Å². The number of hydrogen-bond acceptors (Lipinski definition) is 5. The Labute approximate surface area is 221 Å². The van der Waals surface area contributed by atoms with E-state index >= 15 is 0 Å². The second-order valence-corrected chi connectivity index (χ2v) is 12.7. The van der Waals surface area contributed by atoms with Gasteiger partial charge >= 0.3 is 11.6 Å². The van der Waals surface area contributed by atoms with Crippen molar-refractivity contribution in [2.45, 2.75) is 93.6 Å². The largest absolute Gasteiger partial charge is 0.462 e. The molecule has 3 saturated carbocycles. The third kappa shape index (κ3) is 4.59. The molecule has 5 nitrogen and oxygen atoms in total. The van der Waals surface area contributed by atoms with E-state index in [1.165, 1.54) is 6.92 Å². The molecule has 0 aliphatic heterocycles. The molecule has 1 aromatic heterocycles. The van der Waals surface area contributed by atoms with Crippen LogP contribution in [0.2, 0.25) is 0 Å². The number of carbonyl (C=O) groups is 2. The van der Waals surface area contributed by atoms with Crippen LogP contribution in [0.4, 0.5) is 0 Å². The topological polar surface area (TPSA) is 73.6 Å². The molecular formula is C32H42O5. The summed E-state index contributed by atoms with van der Waals surface area (Å²) in [7, 11) is 0. The monoisotopic (exact) mass is 506 g/mol. The fourth-order valence-electron chi connectivity index (χ4n) is 8.17. The Bertz CT molecular complexity index is 1260. The summed E-state index contributed by atoms with van der Waals surface area (Å²) in [6.07, 6.45) is 10.2. The normalized spacial score (nSPS) is 34.8. The number of ketones is 1. The third-order valence-corrected chi connectivity index (χ3v) is 10.0. The number of rotatable bonds is 4. The van der Waals surface area contributed by atoms with Crippen LogP contribution in [-0.4, -0.2) is 17.9 Å². The molecule has 200 valence electrons. The van der Waals surface area contributed by atoms with Crippen LogP contribution in [-0.2, 0) is 14.3 Å². The fraction of sp³-hybridized carbons (Fsp3) is 0.594. The number of hydrogen-bond donors (Lipinski definition) is 0. The van der Waals surface area contributed by atoms with Crippen molar-refractivity contribution in [2.75, 3.05) is 0 Å². The Balaban J connectivity index is 1.62. The molecule has 37 heavy (non-hydrogen) atoms. The van der Waals surface area contributed by atoms with E-state index in [-0.39, 0.29) is 45.6 Å². The maximum Gasteiger partial charge on any atom is 0.339 e. The summed E-state index contributed by atoms with van der Waals surface area (Å²) in [6.45, 7) is 16.4. The fourth-order valence-corrected chi connectivity index (χ4v) is 8.17. The zero-order valence-electron chi connectivity index (χ0n) is 23.7. The van der Waals surface area contributed by atoms with Gasteiger partial charge in [0.2, 0.25) is 0 Å². The zero-order chi connectivity index (χ0) is 27.3. The molecule has 0 N–H and O–H groups in total. The molecule has 3 aliphatic carbocycles. The van der Waals surface area contributed by atoms with E-state index in [4.69, 9.17) is 9.15 Å². The average Bonchev–Trinajstić information content (AvgIpc) is 3.08. The lowest BCUT2D eigenvalue weighted by Crippen LogP contribution is -2.58. The van der Waals surface area contributed by atoms with Gasteiger partial charge in [0.15, 0.2) is 5.78 Å². The number of esters is 1. The van der Waals surface area contributed by atoms with Gasteiger partial charge in [0, 0.05) is 35.3 Å². The number of aryl methyl sites for hydroxylation is 1. The van der Waals surface area contributed by atoms with E-state index in [1.54, 1.807) is 13.0 Å². The van der Waals surface area contributed by atoms with Crippen molar-refractivity contribution in [2.24, 2.45) is 28.1 Å². The Morgan fingerprint density at radius 3 is 2.38 bits per heavy atom. The number of Topliss-reactive ketones (excluding diaryl/α,β-unsaturated/α-hetero) is 1. The van der Waals surface area contributed by atoms with Crippen LogP contribution in [0.3, 0.4) is 0 Å². The standard InChI is InChI=1S/C32H42O5/c1-19(24-13-12-21(3)29(35)37-24)10-9-11-20(2)28-23(34)18-26-31(7)17-15-27(36-22(4)33)30(5,6)25(31)14-16-32(26,28)8/h9-13,25-27H,14-18H2,1-8H3/b11-9+,19-10+,28-20-/t25?,26-,27-,31-,32-/m0/s1. The molecule has 1 heterocycles. The van der Waals surface area contributed by atoms with Gasteiger partial charge in [-0.25, -0.2) is 4.79 Å². The van der Waals surface area contributed by atoms with Crippen LogP contribution >= 0.6 is 0 Å². The zero-order valence-corrected chi connectivity index (χ0v) is 23.7. The number of allylic oxidation sites excluding steroid dienone is 6. The lowest BCUT2D eigenvalue weighted by molar-refractivity contribution is -0.185. The molecule has 1 unspecified atom stereocenters. The molecule has 0 bridgehead atoms. The van der Waals surface area contributed by atoms with Crippen LogP contribution in [0.5, 0.6) is 0 Å². The summed E-state index contributed by atoms with van der Waals surface area (Å²) in [6, 6.07) is 3.58. The second-order valence-electron chi connectivity index (χ2n) is 12.7. The van der Waals surface area contributed by atoms with E-state index in [0.29, 0.717) is 23.7 Å². The number of fused-ring (bicyclic) bond motifs is 3. The number of ether oxygens (including phenoxy) is 1. The van der Waals surface area contributed by atoms with E-state index < -0.39 is 0 Å². The predicted octanol–water partition coefficient (Wildman–Crippen LogP) is 6.99. The van der Waals surface area contributed by atoms with Gasteiger partial charge in [-0.1, -0.05) is 45.9 Å². The molecule has 5 atom stereocenters. The second kappa shape index (κ2) is 9.56. The van der Waals surface area contributed by atoms with Gasteiger partial charge in [0.05, 0.1) is 0 Å². The Morgan fingerprint density at radius 2 is 1.73 bits per heavy atom.